The first-order valence-corrected chi connectivity index (χ1v) is 17.1. The highest BCUT2D eigenvalue weighted by molar-refractivity contribution is 5.93. The largest absolute Gasteiger partial charge is 0.0839 e. The Morgan fingerprint density at radius 2 is 1.28 bits per heavy atom. The molecule has 10 rings (SSSR count). The van der Waals surface area contributed by atoms with Crippen LogP contribution in [0.5, 0.6) is 0 Å². The first-order valence-electron chi connectivity index (χ1n) is 17.1. The van der Waals surface area contributed by atoms with Crippen LogP contribution in [0.25, 0.3) is 50.8 Å². The fourth-order valence-electron chi connectivity index (χ4n) is 8.92. The average molecular weight is 589 g/mol. The number of fused-ring (bicyclic) bond motifs is 10. The van der Waals surface area contributed by atoms with E-state index in [9.17, 15) is 0 Å². The zero-order valence-corrected chi connectivity index (χ0v) is 26.1. The third-order valence-electron chi connectivity index (χ3n) is 11.3. The van der Waals surface area contributed by atoms with Crippen molar-refractivity contribution in [3.8, 4) is 22.3 Å². The van der Waals surface area contributed by atoms with Crippen LogP contribution < -0.4 is 0 Å². The highest BCUT2D eigenvalue weighted by Gasteiger charge is 2.30. The summed E-state index contributed by atoms with van der Waals surface area (Å²) >= 11 is 0. The fourth-order valence-corrected chi connectivity index (χ4v) is 8.92. The van der Waals surface area contributed by atoms with E-state index in [1.165, 1.54) is 96.8 Å². The van der Waals surface area contributed by atoms with Crippen molar-refractivity contribution < 1.29 is 0 Å². The van der Waals surface area contributed by atoms with Crippen LogP contribution in [-0.2, 0) is 12.8 Å². The monoisotopic (exact) mass is 588 g/mol. The molecule has 0 saturated heterocycles. The van der Waals surface area contributed by atoms with Crippen molar-refractivity contribution in [3.05, 3.63) is 171 Å². The van der Waals surface area contributed by atoms with Gasteiger partial charge in [0.2, 0.25) is 0 Å². The maximum absolute atomic E-state index is 2.49. The van der Waals surface area contributed by atoms with Crippen molar-refractivity contribution in [2.75, 3.05) is 0 Å². The SMILES string of the molecule is C1=CC2=C(C=C(c3ccc4c(c3)CCc3cc(-c5ccc6c(c5)C5C=Cc7c(ccc8ccccc78)C5C=C6)ccc3-4)CC2)CC1. The molecule has 0 aliphatic heterocycles. The number of hydrogen-bond acceptors (Lipinski definition) is 0. The summed E-state index contributed by atoms with van der Waals surface area (Å²) in [6.07, 6.45) is 23.7. The van der Waals surface area contributed by atoms with E-state index in [1.54, 1.807) is 11.1 Å². The molecule has 0 N–H and O–H groups in total. The van der Waals surface area contributed by atoms with E-state index in [2.05, 4.69) is 134 Å². The quantitative estimate of drug-likeness (QED) is 0.192. The maximum atomic E-state index is 2.49. The molecule has 0 saturated carbocycles. The van der Waals surface area contributed by atoms with Gasteiger partial charge in [-0.1, -0.05) is 127 Å². The van der Waals surface area contributed by atoms with Crippen LogP contribution >= 0.6 is 0 Å². The Morgan fingerprint density at radius 3 is 2.20 bits per heavy atom. The van der Waals surface area contributed by atoms with Gasteiger partial charge in [-0.05, 0) is 133 Å². The third-order valence-corrected chi connectivity index (χ3v) is 11.3. The summed E-state index contributed by atoms with van der Waals surface area (Å²) in [4.78, 5) is 0. The minimum absolute atomic E-state index is 0.365. The summed E-state index contributed by atoms with van der Waals surface area (Å²) in [5, 5.41) is 2.67. The van der Waals surface area contributed by atoms with E-state index in [0.29, 0.717) is 11.8 Å². The lowest BCUT2D eigenvalue weighted by Gasteiger charge is -2.33. The van der Waals surface area contributed by atoms with Gasteiger partial charge in [0.15, 0.2) is 0 Å². The standard InChI is InChI=1S/C46H36/c1-2-7-32-25-33(11-9-29(32)5-1)34-17-19-40-37(26-34)13-14-38-27-35(18-20-41(38)40)36-12-10-31-16-22-44-43-21-15-30-6-3-4-8-39(30)42(43)23-24-45(44)46(31)28-36/h1,3-6,8,10,12,15-28,44-45H,2,7,9,11,13-14H2. The molecule has 2 atom stereocenters. The van der Waals surface area contributed by atoms with Crippen LogP contribution in [0.2, 0.25) is 0 Å². The van der Waals surface area contributed by atoms with Gasteiger partial charge >= 0.3 is 0 Å². The molecule has 0 heteroatoms. The molecule has 5 aromatic rings. The molecule has 0 nitrogen and oxygen atoms in total. The highest BCUT2D eigenvalue weighted by Crippen LogP contribution is 2.48. The van der Waals surface area contributed by atoms with Gasteiger partial charge < -0.3 is 0 Å². The van der Waals surface area contributed by atoms with Gasteiger partial charge in [0.05, 0.1) is 0 Å². The van der Waals surface area contributed by atoms with Crippen molar-refractivity contribution in [1.29, 1.82) is 0 Å². The molecule has 0 radical (unpaired) electrons. The fraction of sp³-hybridized carbons (Fsp3) is 0.174. The lowest BCUT2D eigenvalue weighted by atomic mass is 9.71. The Labute approximate surface area is 271 Å². The van der Waals surface area contributed by atoms with Gasteiger partial charge in [-0.3, -0.25) is 0 Å². The summed E-state index contributed by atoms with van der Waals surface area (Å²) in [7, 11) is 0. The smallest absolute Gasteiger partial charge is 0.0131 e. The summed E-state index contributed by atoms with van der Waals surface area (Å²) < 4.78 is 0. The Bertz CT molecular complexity index is 2260. The van der Waals surface area contributed by atoms with Crippen molar-refractivity contribution in [2.24, 2.45) is 0 Å². The van der Waals surface area contributed by atoms with Gasteiger partial charge in [-0.25, -0.2) is 0 Å². The Balaban J connectivity index is 0.966. The van der Waals surface area contributed by atoms with Crippen molar-refractivity contribution in [2.45, 2.75) is 50.4 Å². The lowest BCUT2D eigenvalue weighted by Crippen LogP contribution is -2.16. The van der Waals surface area contributed by atoms with Crippen LogP contribution in [-0.4, -0.2) is 0 Å². The number of hydrogen-bond donors (Lipinski definition) is 0. The molecule has 0 bridgehead atoms. The second-order valence-corrected chi connectivity index (χ2v) is 13.8. The lowest BCUT2D eigenvalue weighted by molar-refractivity contribution is 0.724. The Hall–Kier alpha value is -4.94. The van der Waals surface area contributed by atoms with E-state index in [-0.39, 0.29) is 0 Å². The molecule has 0 heterocycles. The molecule has 5 aromatic carbocycles. The molecule has 0 fully saturated rings. The van der Waals surface area contributed by atoms with Crippen LogP contribution in [0.15, 0.2) is 133 Å². The molecule has 0 amide bonds. The van der Waals surface area contributed by atoms with E-state index < -0.39 is 0 Å². The summed E-state index contributed by atoms with van der Waals surface area (Å²) in [6.45, 7) is 0. The first-order chi connectivity index (χ1) is 22.8. The minimum atomic E-state index is 0.365. The third kappa shape index (κ3) is 4.13. The minimum Gasteiger partial charge on any atom is -0.0839 e. The molecule has 2 unspecified atom stereocenters. The van der Waals surface area contributed by atoms with Crippen molar-refractivity contribution >= 4 is 28.5 Å². The normalized spacial score (nSPS) is 20.3. The van der Waals surface area contributed by atoms with Crippen molar-refractivity contribution in [3.63, 3.8) is 0 Å². The van der Waals surface area contributed by atoms with E-state index in [4.69, 9.17) is 0 Å². The van der Waals surface area contributed by atoms with Crippen LogP contribution in [0.3, 0.4) is 0 Å². The predicted molar refractivity (Wildman–Crippen MR) is 195 cm³/mol. The highest BCUT2D eigenvalue weighted by atomic mass is 14.3. The molecule has 46 heavy (non-hydrogen) atoms. The molecule has 5 aliphatic carbocycles. The van der Waals surface area contributed by atoms with Crippen molar-refractivity contribution in [1.82, 2.24) is 0 Å². The topological polar surface area (TPSA) is 0 Å². The first kappa shape index (κ1) is 26.3. The zero-order valence-electron chi connectivity index (χ0n) is 26.1. The average Bonchev–Trinajstić information content (AvgIpc) is 3.13. The summed E-state index contributed by atoms with van der Waals surface area (Å²) in [6, 6.07) is 35.0. The van der Waals surface area contributed by atoms with Gasteiger partial charge in [-0.15, -0.1) is 0 Å². The van der Waals surface area contributed by atoms with Crippen LogP contribution in [0, 0.1) is 0 Å². The molecular formula is C46H36. The number of rotatable bonds is 2. The summed E-state index contributed by atoms with van der Waals surface area (Å²) in [5.74, 6) is 0.740. The van der Waals surface area contributed by atoms with Crippen LogP contribution in [0.1, 0.15) is 76.5 Å². The Kier molecular flexibility index (Phi) is 5.88. The molecule has 220 valence electrons. The predicted octanol–water partition coefficient (Wildman–Crippen LogP) is 12.0. The zero-order chi connectivity index (χ0) is 30.2. The second kappa shape index (κ2) is 10.3. The van der Waals surface area contributed by atoms with Gasteiger partial charge in [-0.2, -0.15) is 0 Å². The van der Waals surface area contributed by atoms with E-state index in [0.717, 1.165) is 19.3 Å². The molecule has 0 aromatic heterocycles. The van der Waals surface area contributed by atoms with Gasteiger partial charge in [0, 0.05) is 11.8 Å². The van der Waals surface area contributed by atoms with Crippen LogP contribution in [0.4, 0.5) is 0 Å². The molecular weight excluding hydrogens is 553 g/mol. The number of aryl methyl sites for hydroxylation is 2. The maximum Gasteiger partial charge on any atom is 0.0131 e. The summed E-state index contributed by atoms with van der Waals surface area (Å²) in [5.41, 5.74) is 20.2. The second-order valence-electron chi connectivity index (χ2n) is 13.8. The van der Waals surface area contributed by atoms with E-state index in [1.807, 2.05) is 0 Å². The Morgan fingerprint density at radius 1 is 0.522 bits per heavy atom. The number of allylic oxidation sites excluding steroid dienone is 8. The number of benzene rings is 5. The molecule has 0 spiro atoms. The van der Waals surface area contributed by atoms with Gasteiger partial charge in [0.1, 0.15) is 0 Å². The van der Waals surface area contributed by atoms with E-state index >= 15 is 0 Å². The van der Waals surface area contributed by atoms with Gasteiger partial charge in [0.25, 0.3) is 0 Å². The molecule has 5 aliphatic rings.